The maximum Gasteiger partial charge on any atom is 0.241 e. The molecule has 0 aromatic heterocycles. The van der Waals surface area contributed by atoms with Gasteiger partial charge in [-0.05, 0) is 44.5 Å². The first-order valence-corrected chi connectivity index (χ1v) is 8.62. The standard InChI is InChI=1S/C15H26N2O2S/c1-5-10-15(3,4)17-20(18,19)14-9-7-8-13(11-14)12-16-6-2/h7-9,11,16-17H,5-6,10,12H2,1-4H3. The predicted molar refractivity (Wildman–Crippen MR) is 83.1 cm³/mol. The van der Waals surface area contributed by atoms with Crippen LogP contribution in [-0.4, -0.2) is 20.5 Å². The lowest BCUT2D eigenvalue weighted by molar-refractivity contribution is 0.417. The number of benzene rings is 1. The van der Waals surface area contributed by atoms with Crippen molar-refractivity contribution >= 4 is 10.0 Å². The third-order valence-corrected chi connectivity index (χ3v) is 4.77. The molecule has 0 saturated heterocycles. The van der Waals surface area contributed by atoms with E-state index in [0.717, 1.165) is 24.9 Å². The van der Waals surface area contributed by atoms with Crippen molar-refractivity contribution in [3.8, 4) is 0 Å². The first kappa shape index (κ1) is 17.1. The molecule has 0 unspecified atom stereocenters. The minimum Gasteiger partial charge on any atom is -0.313 e. The van der Waals surface area contributed by atoms with Gasteiger partial charge in [-0.3, -0.25) is 0 Å². The van der Waals surface area contributed by atoms with Crippen LogP contribution in [0.3, 0.4) is 0 Å². The van der Waals surface area contributed by atoms with Crippen LogP contribution >= 0.6 is 0 Å². The number of hydrogen-bond acceptors (Lipinski definition) is 3. The summed E-state index contributed by atoms with van der Waals surface area (Å²) in [5.41, 5.74) is 0.550. The molecule has 0 bridgehead atoms. The van der Waals surface area contributed by atoms with Crippen molar-refractivity contribution in [2.45, 2.75) is 57.5 Å². The van der Waals surface area contributed by atoms with Crippen LogP contribution in [0, 0.1) is 0 Å². The van der Waals surface area contributed by atoms with Crippen molar-refractivity contribution in [2.24, 2.45) is 0 Å². The molecule has 0 aliphatic carbocycles. The van der Waals surface area contributed by atoms with E-state index in [1.165, 1.54) is 0 Å². The first-order chi connectivity index (χ1) is 9.30. The van der Waals surface area contributed by atoms with Gasteiger partial charge in [-0.25, -0.2) is 13.1 Å². The van der Waals surface area contributed by atoms with Crippen molar-refractivity contribution < 1.29 is 8.42 Å². The Balaban J connectivity index is 2.92. The molecule has 0 radical (unpaired) electrons. The molecule has 0 fully saturated rings. The van der Waals surface area contributed by atoms with Crippen LogP contribution in [0.5, 0.6) is 0 Å². The summed E-state index contributed by atoms with van der Waals surface area (Å²) < 4.78 is 27.6. The summed E-state index contributed by atoms with van der Waals surface area (Å²) in [7, 11) is -3.47. The van der Waals surface area contributed by atoms with E-state index in [1.807, 2.05) is 33.8 Å². The number of hydrogen-bond donors (Lipinski definition) is 2. The summed E-state index contributed by atoms with van der Waals surface area (Å²) in [6.45, 7) is 9.44. The molecule has 1 aromatic rings. The highest BCUT2D eigenvalue weighted by molar-refractivity contribution is 7.89. The normalized spacial score (nSPS) is 12.6. The Labute approximate surface area is 123 Å². The van der Waals surface area contributed by atoms with Crippen LogP contribution in [0.1, 0.15) is 46.1 Å². The summed E-state index contributed by atoms with van der Waals surface area (Å²) in [5.74, 6) is 0. The maximum absolute atomic E-state index is 12.4. The Morgan fingerprint density at radius 2 is 1.90 bits per heavy atom. The minimum atomic E-state index is -3.47. The largest absolute Gasteiger partial charge is 0.313 e. The van der Waals surface area contributed by atoms with E-state index in [4.69, 9.17) is 0 Å². The van der Waals surface area contributed by atoms with E-state index in [1.54, 1.807) is 18.2 Å². The summed E-state index contributed by atoms with van der Waals surface area (Å²) in [6, 6.07) is 7.08. The van der Waals surface area contributed by atoms with E-state index in [2.05, 4.69) is 10.0 Å². The molecule has 114 valence electrons. The van der Waals surface area contributed by atoms with E-state index in [0.29, 0.717) is 11.4 Å². The van der Waals surface area contributed by atoms with Crippen LogP contribution in [-0.2, 0) is 16.6 Å². The van der Waals surface area contributed by atoms with Gasteiger partial charge < -0.3 is 5.32 Å². The molecule has 0 aliphatic rings. The second-order valence-corrected chi connectivity index (χ2v) is 7.35. The Kier molecular flexibility index (Phi) is 6.17. The van der Waals surface area contributed by atoms with Crippen LogP contribution in [0.2, 0.25) is 0 Å². The highest BCUT2D eigenvalue weighted by Crippen LogP contribution is 2.18. The van der Waals surface area contributed by atoms with Crippen LogP contribution in [0.15, 0.2) is 29.2 Å². The Hall–Kier alpha value is -0.910. The van der Waals surface area contributed by atoms with Gasteiger partial charge in [-0.15, -0.1) is 0 Å². The SMILES string of the molecule is CCCC(C)(C)NS(=O)(=O)c1cccc(CNCC)c1. The van der Waals surface area contributed by atoms with Crippen molar-refractivity contribution in [1.82, 2.24) is 10.0 Å². The topological polar surface area (TPSA) is 58.2 Å². The molecule has 2 N–H and O–H groups in total. The zero-order chi connectivity index (χ0) is 15.2. The molecule has 20 heavy (non-hydrogen) atoms. The predicted octanol–water partition coefficient (Wildman–Crippen LogP) is 2.65. The molecule has 0 aliphatic heterocycles. The smallest absolute Gasteiger partial charge is 0.241 e. The quantitative estimate of drug-likeness (QED) is 0.775. The molecule has 1 rings (SSSR count). The molecule has 0 heterocycles. The maximum atomic E-state index is 12.4. The van der Waals surface area contributed by atoms with Crippen molar-refractivity contribution in [3.05, 3.63) is 29.8 Å². The molecule has 4 nitrogen and oxygen atoms in total. The highest BCUT2D eigenvalue weighted by atomic mass is 32.2. The summed E-state index contributed by atoms with van der Waals surface area (Å²) >= 11 is 0. The summed E-state index contributed by atoms with van der Waals surface area (Å²) in [4.78, 5) is 0.331. The second-order valence-electron chi connectivity index (χ2n) is 5.67. The van der Waals surface area contributed by atoms with Gasteiger partial charge >= 0.3 is 0 Å². The lowest BCUT2D eigenvalue weighted by atomic mass is 10.0. The Morgan fingerprint density at radius 1 is 1.20 bits per heavy atom. The van der Waals surface area contributed by atoms with E-state index in [-0.39, 0.29) is 0 Å². The van der Waals surface area contributed by atoms with Gasteiger partial charge in [-0.2, -0.15) is 0 Å². The lowest BCUT2D eigenvalue weighted by Crippen LogP contribution is -2.43. The molecular weight excluding hydrogens is 272 g/mol. The number of sulfonamides is 1. The molecule has 0 amide bonds. The van der Waals surface area contributed by atoms with E-state index < -0.39 is 15.6 Å². The van der Waals surface area contributed by atoms with Crippen molar-refractivity contribution in [3.63, 3.8) is 0 Å². The Morgan fingerprint density at radius 3 is 2.50 bits per heavy atom. The average Bonchev–Trinajstić information content (AvgIpc) is 2.35. The zero-order valence-corrected chi connectivity index (χ0v) is 13.7. The van der Waals surface area contributed by atoms with Gasteiger partial charge in [0.05, 0.1) is 4.90 Å². The fourth-order valence-corrected chi connectivity index (χ4v) is 3.70. The van der Waals surface area contributed by atoms with Crippen molar-refractivity contribution in [2.75, 3.05) is 6.54 Å². The van der Waals surface area contributed by atoms with E-state index >= 15 is 0 Å². The third kappa shape index (κ3) is 5.23. The van der Waals surface area contributed by atoms with Crippen molar-refractivity contribution in [1.29, 1.82) is 0 Å². The van der Waals surface area contributed by atoms with E-state index in [9.17, 15) is 8.42 Å². The molecule has 0 saturated carbocycles. The summed E-state index contributed by atoms with van der Waals surface area (Å²) in [5, 5.41) is 3.20. The molecular formula is C15H26N2O2S. The van der Waals surface area contributed by atoms with Crippen LogP contribution < -0.4 is 10.0 Å². The fourth-order valence-electron chi connectivity index (χ4n) is 2.19. The molecule has 1 aromatic carbocycles. The lowest BCUT2D eigenvalue weighted by Gasteiger charge is -2.25. The third-order valence-electron chi connectivity index (χ3n) is 3.07. The number of nitrogens with one attached hydrogen (secondary N) is 2. The van der Waals surface area contributed by atoms with Gasteiger partial charge in [0.25, 0.3) is 0 Å². The summed E-state index contributed by atoms with van der Waals surface area (Å²) in [6.07, 6.45) is 1.75. The minimum absolute atomic E-state index is 0.331. The van der Waals surface area contributed by atoms with Gasteiger partial charge in [0.15, 0.2) is 0 Å². The fraction of sp³-hybridized carbons (Fsp3) is 0.600. The highest BCUT2D eigenvalue weighted by Gasteiger charge is 2.25. The molecule has 0 atom stereocenters. The monoisotopic (exact) mass is 298 g/mol. The second kappa shape index (κ2) is 7.20. The molecule has 5 heteroatoms. The van der Waals surface area contributed by atoms with Crippen LogP contribution in [0.25, 0.3) is 0 Å². The van der Waals surface area contributed by atoms with Gasteiger partial charge in [-0.1, -0.05) is 32.4 Å². The average molecular weight is 298 g/mol. The van der Waals surface area contributed by atoms with Gasteiger partial charge in [0.2, 0.25) is 10.0 Å². The molecule has 0 spiro atoms. The van der Waals surface area contributed by atoms with Gasteiger partial charge in [0.1, 0.15) is 0 Å². The Bertz CT molecular complexity index is 524. The van der Waals surface area contributed by atoms with Gasteiger partial charge in [0, 0.05) is 12.1 Å². The zero-order valence-electron chi connectivity index (χ0n) is 12.9. The number of rotatable bonds is 8. The van der Waals surface area contributed by atoms with Crippen LogP contribution in [0.4, 0.5) is 0 Å². The first-order valence-electron chi connectivity index (χ1n) is 7.14.